The van der Waals surface area contributed by atoms with Crippen LogP contribution in [-0.2, 0) is 17.8 Å². The molecule has 0 spiro atoms. The number of carbonyl (C=O) groups is 1. The van der Waals surface area contributed by atoms with Crippen molar-refractivity contribution in [2.24, 2.45) is 0 Å². The molecule has 5 rings (SSSR count). The van der Waals surface area contributed by atoms with Gasteiger partial charge in [-0.15, -0.1) is 0 Å². The van der Waals surface area contributed by atoms with E-state index in [1.807, 2.05) is 24.0 Å². The van der Waals surface area contributed by atoms with Gasteiger partial charge in [0.15, 0.2) is 0 Å². The molecular weight excluding hydrogens is 440 g/mol. The van der Waals surface area contributed by atoms with Gasteiger partial charge in [-0.1, -0.05) is 42.5 Å². The number of carbonyl (C=O) groups excluding carboxylic acids is 1. The number of benzene rings is 3. The maximum atomic E-state index is 12.9. The molecule has 0 saturated carbocycles. The molecule has 6 heteroatoms. The normalized spacial score (nSPS) is 14.5. The number of amides is 1. The topological polar surface area (TPSA) is 63.0 Å². The predicted molar refractivity (Wildman–Crippen MR) is 138 cm³/mol. The summed E-state index contributed by atoms with van der Waals surface area (Å²) in [5.74, 6) is 0.728. The Morgan fingerprint density at radius 3 is 2.54 bits per heavy atom. The van der Waals surface area contributed by atoms with E-state index in [0.717, 1.165) is 30.6 Å². The quantitative estimate of drug-likeness (QED) is 0.387. The van der Waals surface area contributed by atoms with Gasteiger partial charge in [-0.25, -0.2) is 4.79 Å². The maximum Gasteiger partial charge on any atom is 0.339 e. The van der Waals surface area contributed by atoms with E-state index in [1.165, 1.54) is 16.3 Å². The number of hydrogen-bond acceptors (Lipinski definition) is 5. The average molecular weight is 471 g/mol. The Balaban J connectivity index is 1.20. The minimum atomic E-state index is -0.379. The first-order valence-electron chi connectivity index (χ1n) is 12.1. The van der Waals surface area contributed by atoms with Crippen LogP contribution >= 0.6 is 0 Å². The van der Waals surface area contributed by atoms with E-state index in [2.05, 4.69) is 47.4 Å². The molecule has 0 N–H and O–H groups in total. The fourth-order valence-corrected chi connectivity index (χ4v) is 5.01. The van der Waals surface area contributed by atoms with E-state index in [0.29, 0.717) is 42.8 Å². The molecule has 1 aliphatic heterocycles. The van der Waals surface area contributed by atoms with Gasteiger partial charge >= 0.3 is 5.63 Å². The molecule has 180 valence electrons. The van der Waals surface area contributed by atoms with Crippen molar-refractivity contribution in [2.45, 2.75) is 26.3 Å². The van der Waals surface area contributed by atoms with Crippen LogP contribution in [0.4, 0.5) is 0 Å². The van der Waals surface area contributed by atoms with Crippen LogP contribution in [0.15, 0.2) is 69.9 Å². The van der Waals surface area contributed by atoms with Crippen molar-refractivity contribution in [1.82, 2.24) is 9.80 Å². The van der Waals surface area contributed by atoms with Crippen LogP contribution in [0, 0.1) is 6.92 Å². The van der Waals surface area contributed by atoms with Gasteiger partial charge in [-0.2, -0.15) is 0 Å². The second-order valence-electron chi connectivity index (χ2n) is 9.15. The lowest BCUT2D eigenvalue weighted by atomic mass is 10.0. The van der Waals surface area contributed by atoms with E-state index < -0.39 is 0 Å². The van der Waals surface area contributed by atoms with Crippen molar-refractivity contribution in [3.63, 3.8) is 0 Å². The van der Waals surface area contributed by atoms with Crippen LogP contribution in [0.3, 0.4) is 0 Å². The lowest BCUT2D eigenvalue weighted by molar-refractivity contribution is -0.133. The largest absolute Gasteiger partial charge is 0.497 e. The minimum Gasteiger partial charge on any atom is -0.497 e. The first kappa shape index (κ1) is 23.1. The summed E-state index contributed by atoms with van der Waals surface area (Å²) < 4.78 is 10.8. The molecule has 1 fully saturated rings. The molecule has 3 aromatic carbocycles. The van der Waals surface area contributed by atoms with E-state index in [4.69, 9.17) is 9.15 Å². The third-order valence-corrected chi connectivity index (χ3v) is 7.08. The van der Waals surface area contributed by atoms with E-state index >= 15 is 0 Å². The standard InChI is InChI=1S/C29H30N2O4/c1-20-24-11-10-23(34-2)18-27(24)35-29(33)25(20)12-13-28(32)31-16-14-30(15-17-31)19-22-8-5-7-21-6-3-4-9-26(21)22/h3-11,18H,12-17,19H2,1-2H3. The molecular formula is C29H30N2O4. The summed E-state index contributed by atoms with van der Waals surface area (Å²) in [6, 6.07) is 20.4. The summed E-state index contributed by atoms with van der Waals surface area (Å²) in [5, 5.41) is 3.41. The average Bonchev–Trinajstić information content (AvgIpc) is 2.88. The van der Waals surface area contributed by atoms with Crippen molar-refractivity contribution in [1.29, 1.82) is 0 Å². The third kappa shape index (κ3) is 4.80. The van der Waals surface area contributed by atoms with Crippen LogP contribution < -0.4 is 10.4 Å². The lowest BCUT2D eigenvalue weighted by Gasteiger charge is -2.35. The Labute approximate surface area is 204 Å². The monoisotopic (exact) mass is 470 g/mol. The molecule has 4 aromatic rings. The van der Waals surface area contributed by atoms with Crippen molar-refractivity contribution in [3.05, 3.63) is 87.8 Å². The van der Waals surface area contributed by atoms with Crippen LogP contribution in [0.1, 0.15) is 23.1 Å². The highest BCUT2D eigenvalue weighted by Gasteiger charge is 2.22. The summed E-state index contributed by atoms with van der Waals surface area (Å²) in [4.78, 5) is 29.9. The molecule has 1 aromatic heterocycles. The van der Waals surface area contributed by atoms with Gasteiger partial charge in [0, 0.05) is 56.2 Å². The predicted octanol–water partition coefficient (Wildman–Crippen LogP) is 4.54. The van der Waals surface area contributed by atoms with Gasteiger partial charge in [-0.3, -0.25) is 9.69 Å². The zero-order chi connectivity index (χ0) is 24.4. The highest BCUT2D eigenvalue weighted by Crippen LogP contribution is 2.25. The Morgan fingerprint density at radius 1 is 0.971 bits per heavy atom. The molecule has 35 heavy (non-hydrogen) atoms. The highest BCUT2D eigenvalue weighted by molar-refractivity contribution is 5.85. The summed E-state index contributed by atoms with van der Waals surface area (Å²) >= 11 is 0. The number of rotatable bonds is 6. The molecule has 0 bridgehead atoms. The van der Waals surface area contributed by atoms with Gasteiger partial charge in [0.1, 0.15) is 11.3 Å². The minimum absolute atomic E-state index is 0.0865. The number of hydrogen-bond donors (Lipinski definition) is 0. The van der Waals surface area contributed by atoms with Gasteiger partial charge < -0.3 is 14.1 Å². The second-order valence-corrected chi connectivity index (χ2v) is 9.15. The summed E-state index contributed by atoms with van der Waals surface area (Å²) in [6.45, 7) is 5.88. The van der Waals surface area contributed by atoms with Crippen LogP contribution in [-0.4, -0.2) is 49.0 Å². The smallest absolute Gasteiger partial charge is 0.339 e. The molecule has 1 saturated heterocycles. The Morgan fingerprint density at radius 2 is 1.74 bits per heavy atom. The first-order valence-corrected chi connectivity index (χ1v) is 12.1. The fourth-order valence-electron chi connectivity index (χ4n) is 5.01. The Kier molecular flexibility index (Phi) is 6.55. The van der Waals surface area contributed by atoms with Gasteiger partial charge in [0.2, 0.25) is 5.91 Å². The molecule has 6 nitrogen and oxygen atoms in total. The molecule has 0 atom stereocenters. The zero-order valence-electron chi connectivity index (χ0n) is 20.3. The summed E-state index contributed by atoms with van der Waals surface area (Å²) in [5.41, 5.74) is 2.89. The maximum absolute atomic E-state index is 12.9. The Bertz CT molecular complexity index is 1430. The second kappa shape index (κ2) is 9.92. The van der Waals surface area contributed by atoms with Crippen molar-refractivity contribution < 1.29 is 13.9 Å². The van der Waals surface area contributed by atoms with Crippen LogP contribution in [0.25, 0.3) is 21.7 Å². The fraction of sp³-hybridized carbons (Fsp3) is 0.310. The van der Waals surface area contributed by atoms with Crippen LogP contribution in [0.2, 0.25) is 0 Å². The van der Waals surface area contributed by atoms with Gasteiger partial charge in [0.25, 0.3) is 0 Å². The summed E-state index contributed by atoms with van der Waals surface area (Å²) in [7, 11) is 1.58. The first-order chi connectivity index (χ1) is 17.0. The number of ether oxygens (including phenoxy) is 1. The van der Waals surface area contributed by atoms with E-state index in [-0.39, 0.29) is 11.5 Å². The Hall–Kier alpha value is -3.64. The van der Waals surface area contributed by atoms with Crippen LogP contribution in [0.5, 0.6) is 5.75 Å². The lowest BCUT2D eigenvalue weighted by Crippen LogP contribution is -2.48. The molecule has 0 unspecified atom stereocenters. The number of methoxy groups -OCH3 is 1. The van der Waals surface area contributed by atoms with E-state index in [1.54, 1.807) is 13.2 Å². The van der Waals surface area contributed by atoms with Gasteiger partial charge in [-0.05, 0) is 47.4 Å². The number of piperazine rings is 1. The van der Waals surface area contributed by atoms with Gasteiger partial charge in [0.05, 0.1) is 7.11 Å². The number of fused-ring (bicyclic) bond motifs is 2. The van der Waals surface area contributed by atoms with Crippen molar-refractivity contribution >= 4 is 27.6 Å². The molecule has 2 heterocycles. The number of aryl methyl sites for hydroxylation is 1. The molecule has 1 amide bonds. The highest BCUT2D eigenvalue weighted by atomic mass is 16.5. The van der Waals surface area contributed by atoms with Crippen molar-refractivity contribution in [3.8, 4) is 5.75 Å². The molecule has 1 aliphatic rings. The zero-order valence-corrected chi connectivity index (χ0v) is 20.3. The third-order valence-electron chi connectivity index (χ3n) is 7.08. The van der Waals surface area contributed by atoms with Crippen molar-refractivity contribution in [2.75, 3.05) is 33.3 Å². The molecule has 0 radical (unpaired) electrons. The number of nitrogens with zero attached hydrogens (tertiary/aromatic N) is 2. The SMILES string of the molecule is COc1ccc2c(C)c(CCC(=O)N3CCN(Cc4cccc5ccccc45)CC3)c(=O)oc2c1. The molecule has 0 aliphatic carbocycles. The van der Waals surface area contributed by atoms with E-state index in [9.17, 15) is 9.59 Å². The summed E-state index contributed by atoms with van der Waals surface area (Å²) in [6.07, 6.45) is 0.682.